The highest BCUT2D eigenvalue weighted by atomic mass is 35.5. The summed E-state index contributed by atoms with van der Waals surface area (Å²) in [6, 6.07) is 9.21. The van der Waals surface area contributed by atoms with Crippen LogP contribution in [0.3, 0.4) is 0 Å². The molecule has 24 heavy (non-hydrogen) atoms. The van der Waals surface area contributed by atoms with E-state index in [0.29, 0.717) is 22.0 Å². The minimum absolute atomic E-state index is 0.142. The molecule has 1 amide bonds. The second kappa shape index (κ2) is 6.56. The normalized spacial score (nSPS) is 11.0. The molecule has 0 radical (unpaired) electrons. The highest BCUT2D eigenvalue weighted by molar-refractivity contribution is 6.31. The Hall–Kier alpha value is -2.48. The van der Waals surface area contributed by atoms with Gasteiger partial charge in [-0.1, -0.05) is 29.8 Å². The van der Waals surface area contributed by atoms with Crippen LogP contribution in [0.25, 0.3) is 10.9 Å². The van der Waals surface area contributed by atoms with Crippen LogP contribution >= 0.6 is 11.6 Å². The van der Waals surface area contributed by atoms with Gasteiger partial charge in [0.15, 0.2) is 5.69 Å². The van der Waals surface area contributed by atoms with E-state index in [1.165, 1.54) is 12.1 Å². The number of fused-ring (bicyclic) bond motifs is 1. The van der Waals surface area contributed by atoms with Gasteiger partial charge in [0.2, 0.25) is 0 Å². The number of amides is 1. The number of halogens is 2. The molecular formula is C16H14ClFN4O2. The van der Waals surface area contributed by atoms with Crippen LogP contribution in [0, 0.1) is 5.82 Å². The Morgan fingerprint density at radius 1 is 1.33 bits per heavy atom. The van der Waals surface area contributed by atoms with Gasteiger partial charge in [-0.05, 0) is 29.3 Å². The number of aliphatic hydroxyl groups is 1. The second-order valence-corrected chi connectivity index (χ2v) is 5.63. The molecule has 4 N–H and O–H groups in total. The van der Waals surface area contributed by atoms with E-state index in [4.69, 9.17) is 17.4 Å². The second-order valence-electron chi connectivity index (χ2n) is 5.23. The van der Waals surface area contributed by atoms with E-state index in [2.05, 4.69) is 10.5 Å². The van der Waals surface area contributed by atoms with Crippen molar-refractivity contribution < 1.29 is 14.3 Å². The van der Waals surface area contributed by atoms with Crippen molar-refractivity contribution in [3.05, 3.63) is 64.1 Å². The van der Waals surface area contributed by atoms with Crippen molar-refractivity contribution >= 4 is 28.4 Å². The molecule has 0 saturated heterocycles. The van der Waals surface area contributed by atoms with Crippen LogP contribution in [0.1, 0.15) is 21.6 Å². The predicted molar refractivity (Wildman–Crippen MR) is 87.8 cm³/mol. The fourth-order valence-corrected chi connectivity index (χ4v) is 2.71. The highest BCUT2D eigenvalue weighted by Gasteiger charge is 2.17. The highest BCUT2D eigenvalue weighted by Crippen LogP contribution is 2.24. The number of nitrogen functional groups attached to an aromatic ring is 1. The van der Waals surface area contributed by atoms with E-state index in [0.717, 1.165) is 0 Å². The van der Waals surface area contributed by atoms with Crippen molar-refractivity contribution in [2.45, 2.75) is 13.2 Å². The lowest BCUT2D eigenvalue weighted by atomic mass is 10.1. The Balaban J connectivity index is 2.13. The molecule has 0 saturated carbocycles. The van der Waals surface area contributed by atoms with Crippen molar-refractivity contribution in [2.75, 3.05) is 0 Å². The first-order valence-corrected chi connectivity index (χ1v) is 7.46. The number of nitrogens with one attached hydrogen (secondary N) is 1. The number of nitrogens with two attached hydrogens (primary N) is 1. The quantitative estimate of drug-likeness (QED) is 0.382. The molecule has 8 heteroatoms. The summed E-state index contributed by atoms with van der Waals surface area (Å²) in [5.74, 6) is 4.24. The van der Waals surface area contributed by atoms with Gasteiger partial charge in [0.25, 0.3) is 5.91 Å². The number of aliphatic hydroxyl groups excluding tert-OH is 1. The maximum atomic E-state index is 13.2. The van der Waals surface area contributed by atoms with Gasteiger partial charge < -0.3 is 5.11 Å². The number of hydrazine groups is 1. The zero-order chi connectivity index (χ0) is 17.3. The van der Waals surface area contributed by atoms with Crippen molar-refractivity contribution in [1.82, 2.24) is 15.2 Å². The summed E-state index contributed by atoms with van der Waals surface area (Å²) >= 11 is 6.07. The monoisotopic (exact) mass is 348 g/mol. The van der Waals surface area contributed by atoms with Crippen LogP contribution in [-0.2, 0) is 13.2 Å². The smallest absolute Gasteiger partial charge is 0.286 e. The predicted octanol–water partition coefficient (Wildman–Crippen LogP) is 1.97. The van der Waals surface area contributed by atoms with Crippen LogP contribution in [-0.4, -0.2) is 20.8 Å². The van der Waals surface area contributed by atoms with E-state index < -0.39 is 11.7 Å². The fourth-order valence-electron chi connectivity index (χ4n) is 2.49. The average Bonchev–Trinajstić information content (AvgIpc) is 2.94. The van der Waals surface area contributed by atoms with Gasteiger partial charge in [-0.2, -0.15) is 5.10 Å². The summed E-state index contributed by atoms with van der Waals surface area (Å²) in [6.07, 6.45) is 0. The number of aromatic nitrogens is 2. The lowest BCUT2D eigenvalue weighted by Crippen LogP contribution is -2.30. The lowest BCUT2D eigenvalue weighted by Gasteiger charge is -2.07. The van der Waals surface area contributed by atoms with Crippen molar-refractivity contribution in [2.24, 2.45) is 5.84 Å². The molecule has 6 nitrogen and oxygen atoms in total. The molecule has 1 heterocycles. The minimum Gasteiger partial charge on any atom is -0.392 e. The third-order valence-electron chi connectivity index (χ3n) is 3.68. The SMILES string of the molecule is NNC(=O)c1nn(Cc2ccc(F)cc2Cl)c2cc(CO)ccc12. The molecule has 0 atom stereocenters. The van der Waals surface area contributed by atoms with Gasteiger partial charge in [-0.15, -0.1) is 0 Å². The zero-order valence-electron chi connectivity index (χ0n) is 12.5. The number of carbonyl (C=O) groups excluding carboxylic acids is 1. The standard InChI is InChI=1S/C16H14ClFN4O2/c17-13-6-11(18)3-2-10(13)7-22-14-5-9(8-23)1-4-12(14)15(21-22)16(24)20-19/h1-6,23H,7-8,19H2,(H,20,24). The van der Waals surface area contributed by atoms with Crippen molar-refractivity contribution in [3.8, 4) is 0 Å². The molecular weight excluding hydrogens is 335 g/mol. The summed E-state index contributed by atoms with van der Waals surface area (Å²) in [4.78, 5) is 11.9. The van der Waals surface area contributed by atoms with Crippen LogP contribution in [0.5, 0.6) is 0 Å². The molecule has 1 aromatic heterocycles. The Bertz CT molecular complexity index is 926. The van der Waals surface area contributed by atoms with Crippen molar-refractivity contribution in [3.63, 3.8) is 0 Å². The molecule has 0 bridgehead atoms. The molecule has 0 aliphatic heterocycles. The van der Waals surface area contributed by atoms with Crippen LogP contribution in [0.2, 0.25) is 5.02 Å². The van der Waals surface area contributed by atoms with Gasteiger partial charge in [-0.3, -0.25) is 14.9 Å². The van der Waals surface area contributed by atoms with Crippen molar-refractivity contribution in [1.29, 1.82) is 0 Å². The first kappa shape index (κ1) is 16.4. The maximum Gasteiger partial charge on any atom is 0.286 e. The van der Waals surface area contributed by atoms with Crippen LogP contribution in [0.15, 0.2) is 36.4 Å². The Morgan fingerprint density at radius 2 is 2.12 bits per heavy atom. The molecule has 3 aromatic rings. The van der Waals surface area contributed by atoms with E-state index in [1.54, 1.807) is 28.9 Å². The molecule has 0 spiro atoms. The topological polar surface area (TPSA) is 93.2 Å². The Labute approximate surface area is 141 Å². The summed E-state index contributed by atoms with van der Waals surface area (Å²) in [6.45, 7) is 0.0964. The number of hydrogen-bond donors (Lipinski definition) is 3. The summed E-state index contributed by atoms with van der Waals surface area (Å²) in [5.41, 5.74) is 4.18. The average molecular weight is 349 g/mol. The lowest BCUT2D eigenvalue weighted by molar-refractivity contribution is 0.0949. The first-order valence-electron chi connectivity index (χ1n) is 7.08. The number of nitrogens with zero attached hydrogens (tertiary/aromatic N) is 2. The number of hydrogen-bond acceptors (Lipinski definition) is 4. The van der Waals surface area contributed by atoms with Gasteiger partial charge in [0.05, 0.1) is 18.7 Å². The van der Waals surface area contributed by atoms with E-state index in [-0.39, 0.29) is 23.9 Å². The maximum absolute atomic E-state index is 13.2. The van der Waals surface area contributed by atoms with Crippen LogP contribution in [0.4, 0.5) is 4.39 Å². The van der Waals surface area contributed by atoms with Gasteiger partial charge in [0, 0.05) is 10.4 Å². The zero-order valence-corrected chi connectivity index (χ0v) is 13.2. The Morgan fingerprint density at radius 3 is 2.79 bits per heavy atom. The molecule has 0 aliphatic carbocycles. The molecule has 2 aromatic carbocycles. The van der Waals surface area contributed by atoms with Gasteiger partial charge in [-0.25, -0.2) is 10.2 Å². The number of carbonyl (C=O) groups is 1. The Kier molecular flexibility index (Phi) is 4.48. The molecule has 0 unspecified atom stereocenters. The van der Waals surface area contributed by atoms with Gasteiger partial charge >= 0.3 is 0 Å². The summed E-state index contributed by atoms with van der Waals surface area (Å²) in [5, 5.41) is 14.5. The van der Waals surface area contributed by atoms with E-state index in [9.17, 15) is 14.3 Å². The number of benzene rings is 2. The fraction of sp³-hybridized carbons (Fsp3) is 0.125. The van der Waals surface area contributed by atoms with E-state index in [1.807, 2.05) is 0 Å². The minimum atomic E-state index is -0.527. The first-order chi connectivity index (χ1) is 11.5. The number of rotatable bonds is 4. The third kappa shape index (κ3) is 2.96. The molecule has 0 aliphatic rings. The summed E-state index contributed by atoms with van der Waals surface area (Å²) in [7, 11) is 0. The van der Waals surface area contributed by atoms with Crippen LogP contribution < -0.4 is 11.3 Å². The van der Waals surface area contributed by atoms with E-state index >= 15 is 0 Å². The molecule has 124 valence electrons. The largest absolute Gasteiger partial charge is 0.392 e. The molecule has 0 fully saturated rings. The third-order valence-corrected chi connectivity index (χ3v) is 4.03. The molecule has 3 rings (SSSR count). The van der Waals surface area contributed by atoms with Gasteiger partial charge in [0.1, 0.15) is 5.82 Å². The summed E-state index contributed by atoms with van der Waals surface area (Å²) < 4.78 is 14.8.